The minimum atomic E-state index is -1.10. The van der Waals surface area contributed by atoms with Gasteiger partial charge >= 0.3 is 5.97 Å². The fourth-order valence-corrected chi connectivity index (χ4v) is 4.20. The van der Waals surface area contributed by atoms with E-state index in [4.69, 9.17) is 42.9 Å². The maximum Gasteiger partial charge on any atom is 0.341 e. The zero-order chi connectivity index (χ0) is 23.3. The first-order valence-corrected chi connectivity index (χ1v) is 10.9. The molecule has 0 radical (unpaired) electrons. The minimum absolute atomic E-state index is 0.00311. The van der Waals surface area contributed by atoms with Crippen LogP contribution in [0.25, 0.3) is 0 Å². The lowest BCUT2D eigenvalue weighted by molar-refractivity contribution is -0.139. The van der Waals surface area contributed by atoms with Crippen LogP contribution < -0.4 is 10.1 Å². The van der Waals surface area contributed by atoms with Crippen LogP contribution in [0.2, 0.25) is 10.0 Å². The number of nitrogens with one attached hydrogen (secondary N) is 1. The second kappa shape index (κ2) is 10.5. The SMILES string of the molecule is C[C@@]1(NC(=O)CCO)C[C@@H](c2ccc(Cl)cc2)O[C@@H](c2cc(Cl)ccc2OCC(=O)O)C1. The Balaban J connectivity index is 1.96. The Hall–Kier alpha value is -2.32. The van der Waals surface area contributed by atoms with Crippen LogP contribution in [0, 0.1) is 0 Å². The molecule has 0 bridgehead atoms. The maximum atomic E-state index is 12.3. The quantitative estimate of drug-likeness (QED) is 0.518. The zero-order valence-corrected chi connectivity index (χ0v) is 19.0. The molecule has 32 heavy (non-hydrogen) atoms. The molecule has 0 aliphatic carbocycles. The van der Waals surface area contributed by atoms with E-state index in [1.165, 1.54) is 0 Å². The monoisotopic (exact) mass is 481 g/mol. The Morgan fingerprint density at radius 3 is 2.44 bits per heavy atom. The number of carboxylic acids is 1. The third-order valence-electron chi connectivity index (χ3n) is 5.29. The smallest absolute Gasteiger partial charge is 0.341 e. The topological polar surface area (TPSA) is 105 Å². The average molecular weight is 482 g/mol. The number of benzene rings is 2. The molecule has 9 heteroatoms. The standard InChI is InChI=1S/C23H25Cl2NO6/c1-23(26-21(28)8-9-27)11-19(14-2-4-15(24)5-3-14)32-20(12-23)17-10-16(25)6-7-18(17)31-13-22(29)30/h2-7,10,19-20,27H,8-9,11-13H2,1H3,(H,26,28)(H,29,30)/t19-,20+,23+/m0/s1. The summed E-state index contributed by atoms with van der Waals surface area (Å²) < 4.78 is 11.9. The second-order valence-corrected chi connectivity index (χ2v) is 8.89. The summed E-state index contributed by atoms with van der Waals surface area (Å²) in [7, 11) is 0. The Kier molecular flexibility index (Phi) is 8.00. The molecule has 3 N–H and O–H groups in total. The summed E-state index contributed by atoms with van der Waals surface area (Å²) >= 11 is 12.3. The highest BCUT2D eigenvalue weighted by molar-refractivity contribution is 6.30. The number of halogens is 2. The van der Waals surface area contributed by atoms with Crippen LogP contribution in [0.5, 0.6) is 5.75 Å². The lowest BCUT2D eigenvalue weighted by Gasteiger charge is -2.43. The molecule has 2 aromatic rings. The van der Waals surface area contributed by atoms with Crippen molar-refractivity contribution in [3.8, 4) is 5.75 Å². The van der Waals surface area contributed by atoms with Crippen molar-refractivity contribution in [3.05, 3.63) is 63.6 Å². The van der Waals surface area contributed by atoms with E-state index in [0.29, 0.717) is 34.2 Å². The molecule has 3 atom stereocenters. The van der Waals surface area contributed by atoms with E-state index in [1.54, 1.807) is 30.3 Å². The van der Waals surface area contributed by atoms with Crippen LogP contribution in [-0.2, 0) is 14.3 Å². The number of ether oxygens (including phenoxy) is 2. The van der Waals surface area contributed by atoms with Crippen molar-refractivity contribution < 1.29 is 29.3 Å². The van der Waals surface area contributed by atoms with E-state index in [0.717, 1.165) is 5.56 Å². The third kappa shape index (κ3) is 6.36. The summed E-state index contributed by atoms with van der Waals surface area (Å²) in [6, 6.07) is 12.2. The number of rotatable bonds is 8. The number of hydrogen-bond donors (Lipinski definition) is 3. The molecule has 1 aliphatic heterocycles. The van der Waals surface area contributed by atoms with E-state index in [9.17, 15) is 9.59 Å². The molecule has 172 valence electrons. The predicted octanol–water partition coefficient (Wildman–Crippen LogP) is 4.31. The molecular weight excluding hydrogens is 457 g/mol. The van der Waals surface area contributed by atoms with Gasteiger partial charge in [-0.2, -0.15) is 0 Å². The first-order valence-electron chi connectivity index (χ1n) is 10.2. The molecule has 0 aromatic heterocycles. The first kappa shape index (κ1) is 24.3. The van der Waals surface area contributed by atoms with E-state index in [2.05, 4.69) is 5.32 Å². The van der Waals surface area contributed by atoms with Gasteiger partial charge in [-0.25, -0.2) is 4.79 Å². The van der Waals surface area contributed by atoms with Crippen LogP contribution in [0.4, 0.5) is 0 Å². The van der Waals surface area contributed by atoms with Gasteiger partial charge in [-0.05, 0) is 42.8 Å². The summed E-state index contributed by atoms with van der Waals surface area (Å²) in [5.74, 6) is -1.02. The Labute approximate surface area is 196 Å². The Bertz CT molecular complexity index is 967. The second-order valence-electron chi connectivity index (χ2n) is 8.02. The van der Waals surface area contributed by atoms with E-state index in [1.807, 2.05) is 19.1 Å². The van der Waals surface area contributed by atoms with Gasteiger partial charge in [0.25, 0.3) is 0 Å². The van der Waals surface area contributed by atoms with E-state index < -0.39 is 24.2 Å². The molecule has 7 nitrogen and oxygen atoms in total. The molecule has 0 spiro atoms. The van der Waals surface area contributed by atoms with Gasteiger partial charge in [0, 0.05) is 40.4 Å². The lowest BCUT2D eigenvalue weighted by atomic mass is 9.81. The molecule has 2 aromatic carbocycles. The van der Waals surface area contributed by atoms with Crippen molar-refractivity contribution in [2.45, 2.75) is 43.9 Å². The van der Waals surface area contributed by atoms with Gasteiger partial charge < -0.3 is 25.0 Å². The molecule has 1 heterocycles. The van der Waals surface area contributed by atoms with Crippen molar-refractivity contribution >= 4 is 35.1 Å². The van der Waals surface area contributed by atoms with Crippen LogP contribution in [0.1, 0.15) is 49.5 Å². The van der Waals surface area contributed by atoms with Crippen molar-refractivity contribution in [2.75, 3.05) is 13.2 Å². The first-order chi connectivity index (χ1) is 15.2. The normalized spacial score (nSPS) is 22.9. The van der Waals surface area contributed by atoms with Crippen LogP contribution in [-0.4, -0.2) is 40.8 Å². The van der Waals surface area contributed by atoms with Crippen molar-refractivity contribution in [3.63, 3.8) is 0 Å². The Morgan fingerprint density at radius 1 is 1.12 bits per heavy atom. The lowest BCUT2D eigenvalue weighted by Crippen LogP contribution is -2.51. The van der Waals surface area contributed by atoms with Gasteiger partial charge in [0.2, 0.25) is 5.91 Å². The molecular formula is C23H25Cl2NO6. The van der Waals surface area contributed by atoms with Gasteiger partial charge in [0.1, 0.15) is 5.75 Å². The number of aliphatic carboxylic acids is 1. The maximum absolute atomic E-state index is 12.3. The van der Waals surface area contributed by atoms with E-state index in [-0.39, 0.29) is 25.0 Å². The summed E-state index contributed by atoms with van der Waals surface area (Å²) in [6.45, 7) is 1.17. The van der Waals surface area contributed by atoms with E-state index >= 15 is 0 Å². The Morgan fingerprint density at radius 2 is 1.78 bits per heavy atom. The number of amides is 1. The highest BCUT2D eigenvalue weighted by Gasteiger charge is 2.41. The number of aliphatic hydroxyl groups is 1. The third-order valence-corrected chi connectivity index (χ3v) is 5.78. The number of carbonyl (C=O) groups excluding carboxylic acids is 1. The molecule has 1 aliphatic rings. The number of hydrogen-bond acceptors (Lipinski definition) is 5. The fourth-order valence-electron chi connectivity index (χ4n) is 3.90. The van der Waals surface area contributed by atoms with Gasteiger partial charge in [-0.3, -0.25) is 4.79 Å². The molecule has 3 rings (SSSR count). The summed E-state index contributed by atoms with van der Waals surface area (Å²) in [4.78, 5) is 23.3. The molecule has 1 fully saturated rings. The molecule has 0 unspecified atom stereocenters. The highest BCUT2D eigenvalue weighted by atomic mass is 35.5. The average Bonchev–Trinajstić information content (AvgIpc) is 2.72. The van der Waals surface area contributed by atoms with Gasteiger partial charge in [-0.15, -0.1) is 0 Å². The molecule has 1 amide bonds. The zero-order valence-electron chi connectivity index (χ0n) is 17.5. The summed E-state index contributed by atoms with van der Waals surface area (Å²) in [6.07, 6.45) is -0.0219. The fraction of sp³-hybridized carbons (Fsp3) is 0.391. The molecule has 1 saturated heterocycles. The van der Waals surface area contributed by atoms with Gasteiger partial charge in [0.15, 0.2) is 6.61 Å². The largest absolute Gasteiger partial charge is 0.482 e. The van der Waals surface area contributed by atoms with Gasteiger partial charge in [-0.1, -0.05) is 35.3 Å². The van der Waals surface area contributed by atoms with Crippen molar-refractivity contribution in [1.82, 2.24) is 5.32 Å². The van der Waals surface area contributed by atoms with Crippen LogP contribution in [0.15, 0.2) is 42.5 Å². The van der Waals surface area contributed by atoms with Crippen LogP contribution in [0.3, 0.4) is 0 Å². The van der Waals surface area contributed by atoms with Crippen molar-refractivity contribution in [1.29, 1.82) is 0 Å². The highest BCUT2D eigenvalue weighted by Crippen LogP contribution is 2.46. The number of aliphatic hydroxyl groups excluding tert-OH is 1. The van der Waals surface area contributed by atoms with Crippen LogP contribution >= 0.6 is 23.2 Å². The van der Waals surface area contributed by atoms with Crippen molar-refractivity contribution in [2.24, 2.45) is 0 Å². The molecule has 0 saturated carbocycles. The number of carbonyl (C=O) groups is 2. The number of carboxylic acid groups (broad SMARTS) is 1. The summed E-state index contributed by atoms with van der Waals surface area (Å²) in [5.41, 5.74) is 0.822. The summed E-state index contributed by atoms with van der Waals surface area (Å²) in [5, 5.41) is 22.2. The van der Waals surface area contributed by atoms with Gasteiger partial charge in [0.05, 0.1) is 18.8 Å². The predicted molar refractivity (Wildman–Crippen MR) is 120 cm³/mol. The minimum Gasteiger partial charge on any atom is -0.482 e.